The number of aliphatic hydroxyl groups excluding tert-OH is 20. The zero-order valence-corrected chi connectivity index (χ0v) is 45.2. The lowest BCUT2D eigenvalue weighted by Crippen LogP contribution is -2.70. The first kappa shape index (κ1) is 69.1. The molecule has 0 saturated carbocycles. The number of carbonyl (C=O) groups excluding carboxylic acids is 2. The molecule has 7 rings (SSSR count). The summed E-state index contributed by atoms with van der Waals surface area (Å²) in [7, 11) is 0. The number of carbonyl (C=O) groups is 2. The molecule has 35 atom stereocenters. The van der Waals surface area contributed by atoms with Crippen LogP contribution >= 0.6 is 0 Å². The van der Waals surface area contributed by atoms with Crippen LogP contribution in [0.2, 0.25) is 0 Å². The molecule has 2 amide bonds. The van der Waals surface area contributed by atoms with Gasteiger partial charge in [0.25, 0.3) is 0 Å². The second-order valence-electron chi connectivity index (χ2n) is 21.4. The van der Waals surface area contributed by atoms with Crippen molar-refractivity contribution in [1.82, 2.24) is 10.6 Å². The van der Waals surface area contributed by atoms with Crippen molar-refractivity contribution in [2.24, 2.45) is 0 Å². The highest BCUT2D eigenvalue weighted by Gasteiger charge is 2.58. The Kier molecular flexibility index (Phi) is 24.6. The second kappa shape index (κ2) is 30.0. The average molecular weight is 1230 g/mol. The molecule has 0 aromatic heterocycles. The summed E-state index contributed by atoms with van der Waals surface area (Å²) in [6.07, 6.45) is -62.9. The summed E-state index contributed by atoms with van der Waals surface area (Å²) in [6.45, 7) is -2.89. The minimum absolute atomic E-state index is 0.578. The van der Waals surface area contributed by atoms with Crippen molar-refractivity contribution in [2.75, 3.05) is 46.2 Å². The molecular weight excluding hydrogens is 1150 g/mol. The third-order valence-electron chi connectivity index (χ3n) is 15.6. The minimum Gasteiger partial charge on any atom is -0.394 e. The van der Waals surface area contributed by atoms with Crippen LogP contribution < -0.4 is 10.6 Å². The van der Waals surface area contributed by atoms with Gasteiger partial charge in [-0.1, -0.05) is 0 Å². The van der Waals surface area contributed by atoms with Gasteiger partial charge in [0, 0.05) is 13.8 Å². The van der Waals surface area contributed by atoms with Gasteiger partial charge in [-0.15, -0.1) is 0 Å². The van der Waals surface area contributed by atoms with Crippen LogP contribution in [0.1, 0.15) is 20.8 Å². The van der Waals surface area contributed by atoms with Crippen molar-refractivity contribution < 1.29 is 173 Å². The van der Waals surface area contributed by atoms with E-state index < -0.39 is 273 Å². The minimum atomic E-state index is -2.32. The van der Waals surface area contributed by atoms with Crippen molar-refractivity contribution in [3.8, 4) is 0 Å². The van der Waals surface area contributed by atoms with Gasteiger partial charge in [-0.2, -0.15) is 0 Å². The predicted molar refractivity (Wildman–Crippen MR) is 258 cm³/mol. The van der Waals surface area contributed by atoms with Gasteiger partial charge < -0.3 is 174 Å². The van der Waals surface area contributed by atoms with Gasteiger partial charge in [-0.25, -0.2) is 0 Å². The van der Waals surface area contributed by atoms with Crippen molar-refractivity contribution in [1.29, 1.82) is 0 Å². The van der Waals surface area contributed by atoms with Gasteiger partial charge in [0.15, 0.2) is 37.7 Å². The van der Waals surface area contributed by atoms with Crippen molar-refractivity contribution in [3.63, 3.8) is 0 Å². The van der Waals surface area contributed by atoms with Crippen LogP contribution in [0.3, 0.4) is 0 Å². The number of hydrogen-bond acceptors (Lipinski definition) is 35. The number of hydrogen-bond donors (Lipinski definition) is 22. The molecule has 37 heteroatoms. The van der Waals surface area contributed by atoms with Crippen LogP contribution in [-0.4, -0.2) is 375 Å². The van der Waals surface area contributed by atoms with E-state index in [1.165, 1.54) is 6.92 Å². The van der Waals surface area contributed by atoms with Gasteiger partial charge in [0.1, 0.15) is 165 Å². The normalized spacial score (nSPS) is 50.3. The van der Waals surface area contributed by atoms with E-state index >= 15 is 0 Å². The Morgan fingerprint density at radius 3 is 1.05 bits per heavy atom. The summed E-state index contributed by atoms with van der Waals surface area (Å²) in [4.78, 5) is 24.8. The van der Waals surface area contributed by atoms with Gasteiger partial charge in [-0.05, 0) is 6.92 Å². The first-order valence-corrected chi connectivity index (χ1v) is 26.9. The number of rotatable bonds is 21. The van der Waals surface area contributed by atoms with E-state index in [0.29, 0.717) is 0 Å². The van der Waals surface area contributed by atoms with E-state index in [2.05, 4.69) is 10.6 Å². The molecule has 7 heterocycles. The Bertz CT molecular complexity index is 2060. The molecule has 84 heavy (non-hydrogen) atoms. The summed E-state index contributed by atoms with van der Waals surface area (Å²) < 4.78 is 75.1. The predicted octanol–water partition coefficient (Wildman–Crippen LogP) is -14.9. The van der Waals surface area contributed by atoms with Crippen molar-refractivity contribution in [3.05, 3.63) is 0 Å². The quantitative estimate of drug-likeness (QED) is 0.0507. The monoisotopic (exact) mass is 1230 g/mol. The smallest absolute Gasteiger partial charge is 0.217 e. The van der Waals surface area contributed by atoms with Gasteiger partial charge in [-0.3, -0.25) is 9.59 Å². The van der Waals surface area contributed by atoms with E-state index in [0.717, 1.165) is 13.8 Å². The van der Waals surface area contributed by atoms with Crippen molar-refractivity contribution in [2.45, 2.75) is 235 Å². The van der Waals surface area contributed by atoms with E-state index in [-0.39, 0.29) is 0 Å². The Morgan fingerprint density at radius 2 is 0.619 bits per heavy atom. The standard InChI is InChI=1S/C47H80N2O35/c1-11-21(48-12(2)55)28(62)38(17(7-53)74-11)81-42-22(49-13(3)56)29(63)39(18(8-54)78-42)82-47-37(71)41(84-46-35(69)32(66)25(59)16(6-52)77-46)27(61)20(80-47)10-73-44-36(70)40(83-45-34(68)31(65)24(58)15(5-51)76-45)26(60)19(79-44)9-72-43-33(67)30(64)23(57)14(4-50)75-43/h11,14-47,50-54,57-71H,4-10H2,1-3H3,(H,48,55)(H,49,56)/t11-,14?,15?,16?,17?,18?,19?,20?,21?,22?,23-,24-,25-,26-,27-,28+,29+,30-,31-,32?,33?,34?,35-,36?,37?,38-,39-,40-,41-,42-,43+,44+,45-,46-,47-/m0/s1. The molecule has 7 aliphatic rings. The van der Waals surface area contributed by atoms with Crippen LogP contribution in [0, 0.1) is 0 Å². The van der Waals surface area contributed by atoms with Gasteiger partial charge >= 0.3 is 0 Å². The van der Waals surface area contributed by atoms with Gasteiger partial charge in [0.2, 0.25) is 11.8 Å². The topological polar surface area (TPSA) is 583 Å². The molecule has 7 saturated heterocycles. The maximum Gasteiger partial charge on any atom is 0.217 e. The molecule has 7 aliphatic heterocycles. The van der Waals surface area contributed by atoms with E-state index in [1.54, 1.807) is 0 Å². The molecule has 14 unspecified atom stereocenters. The Balaban J connectivity index is 1.17. The lowest BCUT2D eigenvalue weighted by atomic mass is 9.92. The Labute approximate surface area is 476 Å². The molecule has 488 valence electrons. The van der Waals surface area contributed by atoms with Crippen LogP contribution in [0.5, 0.6) is 0 Å². The summed E-state index contributed by atoms with van der Waals surface area (Å²) >= 11 is 0. The molecule has 0 aromatic carbocycles. The molecule has 37 nitrogen and oxygen atoms in total. The second-order valence-corrected chi connectivity index (χ2v) is 21.4. The Morgan fingerprint density at radius 1 is 0.321 bits per heavy atom. The highest BCUT2D eigenvalue weighted by Crippen LogP contribution is 2.37. The van der Waals surface area contributed by atoms with Crippen LogP contribution in [-0.2, 0) is 71.2 Å². The summed E-state index contributed by atoms with van der Waals surface area (Å²) in [5.41, 5.74) is 0. The summed E-state index contributed by atoms with van der Waals surface area (Å²) in [5.74, 6) is -1.41. The average Bonchev–Trinajstić information content (AvgIpc) is 1.63. The number of ether oxygens (including phenoxy) is 13. The highest BCUT2D eigenvalue weighted by atomic mass is 16.8. The molecule has 7 fully saturated rings. The summed E-state index contributed by atoms with van der Waals surface area (Å²) in [6, 6.07) is -2.86. The molecule has 0 radical (unpaired) electrons. The highest BCUT2D eigenvalue weighted by molar-refractivity contribution is 5.73. The molecular formula is C47H80N2O35. The van der Waals surface area contributed by atoms with E-state index in [9.17, 15) is 112 Å². The molecule has 0 spiro atoms. The van der Waals surface area contributed by atoms with E-state index in [1.807, 2.05) is 0 Å². The van der Waals surface area contributed by atoms with Crippen molar-refractivity contribution >= 4 is 11.8 Å². The van der Waals surface area contributed by atoms with Gasteiger partial charge in [0.05, 0.1) is 58.4 Å². The lowest BCUT2D eigenvalue weighted by molar-refractivity contribution is -0.387. The third-order valence-corrected chi connectivity index (χ3v) is 15.6. The SMILES string of the molecule is CC(=O)NC1[C@H](O[C@H]2C(CO)O[C@@H](C)C(NC(C)=O)[C@H]2O)OC(CO)[C@H](O[C@@H]2OC(CO[C@@H]3OC(CO[C@@H]4OC(CO)[C@H](O)[C@H](O)C4O)[C@H](O)[C@H](O[C@@H]4OC(CO)[C@H](O)[C@H](O)C4O)C3O)[C@H](O)[C@H](O[C@@H]3OC(CO)[C@H](O)C(O)[C@@H]3O)C2O)[C@@H]1O. The zero-order valence-electron chi connectivity index (χ0n) is 45.2. The number of aliphatic hydroxyl groups is 20. The molecule has 0 aromatic rings. The summed E-state index contributed by atoms with van der Waals surface area (Å²) in [5, 5.41) is 221. The fraction of sp³-hybridized carbons (Fsp3) is 0.957. The Hall–Kier alpha value is -2.38. The lowest BCUT2D eigenvalue weighted by Gasteiger charge is -2.50. The van der Waals surface area contributed by atoms with Crippen LogP contribution in [0.25, 0.3) is 0 Å². The largest absolute Gasteiger partial charge is 0.394 e. The first-order chi connectivity index (χ1) is 39.7. The number of amides is 2. The third kappa shape index (κ3) is 14.9. The molecule has 0 bridgehead atoms. The maximum atomic E-state index is 12.7. The first-order valence-electron chi connectivity index (χ1n) is 26.9. The fourth-order valence-electron chi connectivity index (χ4n) is 10.8. The maximum absolute atomic E-state index is 12.7. The van der Waals surface area contributed by atoms with Crippen LogP contribution in [0.4, 0.5) is 0 Å². The fourth-order valence-corrected chi connectivity index (χ4v) is 10.8. The zero-order chi connectivity index (χ0) is 61.9. The molecule has 22 N–H and O–H groups in total. The van der Waals surface area contributed by atoms with Crippen LogP contribution in [0.15, 0.2) is 0 Å². The number of nitrogens with one attached hydrogen (secondary N) is 2. The molecule has 0 aliphatic carbocycles. The van der Waals surface area contributed by atoms with E-state index in [4.69, 9.17) is 61.6 Å².